The van der Waals surface area contributed by atoms with Crippen LogP contribution in [0, 0.1) is 0 Å². The van der Waals surface area contributed by atoms with Crippen molar-refractivity contribution in [1.82, 2.24) is 0 Å². The van der Waals surface area contributed by atoms with E-state index in [1.54, 1.807) is 30.4 Å². The van der Waals surface area contributed by atoms with Crippen LogP contribution in [0.2, 0.25) is 0 Å². The minimum Gasteiger partial charge on any atom is -0.504 e. The van der Waals surface area contributed by atoms with Crippen molar-refractivity contribution in [2.75, 3.05) is 6.61 Å². The fourth-order valence-corrected chi connectivity index (χ4v) is 1.27. The van der Waals surface area contributed by atoms with E-state index in [4.69, 9.17) is 4.74 Å². The molecule has 0 saturated heterocycles. The van der Waals surface area contributed by atoms with E-state index in [1.807, 2.05) is 13.0 Å². The smallest absolute Gasteiger partial charge is 0.160 e. The van der Waals surface area contributed by atoms with Crippen molar-refractivity contribution < 1.29 is 14.6 Å². The van der Waals surface area contributed by atoms with Gasteiger partial charge in [0.25, 0.3) is 0 Å². The van der Waals surface area contributed by atoms with Gasteiger partial charge in [-0.05, 0) is 37.6 Å². The average molecular weight is 232 g/mol. The molecule has 0 spiro atoms. The fraction of sp³-hybridized carbons (Fsp3) is 0.214. The summed E-state index contributed by atoms with van der Waals surface area (Å²) in [5.41, 5.74) is 0.846. The molecule has 17 heavy (non-hydrogen) atoms. The van der Waals surface area contributed by atoms with Crippen LogP contribution in [0.5, 0.6) is 11.5 Å². The fourth-order valence-electron chi connectivity index (χ4n) is 1.27. The summed E-state index contributed by atoms with van der Waals surface area (Å²) in [5, 5.41) is 9.64. The third-order valence-electron chi connectivity index (χ3n) is 2.01. The van der Waals surface area contributed by atoms with E-state index >= 15 is 0 Å². The van der Waals surface area contributed by atoms with Crippen LogP contribution in [0.25, 0.3) is 6.08 Å². The number of phenolic OH excluding ortho intramolecular Hbond substituents is 1. The van der Waals surface area contributed by atoms with E-state index < -0.39 is 0 Å². The number of allylic oxidation sites excluding steroid dienone is 3. The van der Waals surface area contributed by atoms with Crippen molar-refractivity contribution in [2.45, 2.75) is 13.8 Å². The van der Waals surface area contributed by atoms with Gasteiger partial charge in [0.2, 0.25) is 0 Å². The van der Waals surface area contributed by atoms with Gasteiger partial charge in [-0.25, -0.2) is 0 Å². The Bertz CT molecular complexity index is 445. The molecular weight excluding hydrogens is 216 g/mol. The number of carbonyl (C=O) groups is 1. The van der Waals surface area contributed by atoms with Crippen molar-refractivity contribution in [1.29, 1.82) is 0 Å². The van der Waals surface area contributed by atoms with Gasteiger partial charge in [-0.2, -0.15) is 0 Å². The van der Waals surface area contributed by atoms with Gasteiger partial charge in [0.15, 0.2) is 17.3 Å². The van der Waals surface area contributed by atoms with E-state index in [9.17, 15) is 9.90 Å². The monoisotopic (exact) mass is 232 g/mol. The Balaban J connectivity index is 2.73. The second-order valence-electron chi connectivity index (χ2n) is 3.49. The third kappa shape index (κ3) is 4.55. The largest absolute Gasteiger partial charge is 0.504 e. The number of ketones is 1. The maximum absolute atomic E-state index is 10.6. The molecule has 1 N–H and O–H groups in total. The first kappa shape index (κ1) is 13.0. The summed E-state index contributed by atoms with van der Waals surface area (Å²) in [4.78, 5) is 10.6. The molecule has 1 aromatic carbocycles. The van der Waals surface area contributed by atoms with Crippen LogP contribution in [-0.2, 0) is 4.79 Å². The highest BCUT2D eigenvalue weighted by Gasteiger charge is 2.00. The van der Waals surface area contributed by atoms with Crippen LogP contribution in [0.1, 0.15) is 19.4 Å². The van der Waals surface area contributed by atoms with Gasteiger partial charge in [-0.1, -0.05) is 24.3 Å². The number of aromatic hydroxyl groups is 1. The normalized spacial score (nSPS) is 11.2. The van der Waals surface area contributed by atoms with Gasteiger partial charge >= 0.3 is 0 Å². The molecule has 3 nitrogen and oxygen atoms in total. The Hall–Kier alpha value is -2.03. The number of benzene rings is 1. The molecule has 0 aromatic heterocycles. The summed E-state index contributed by atoms with van der Waals surface area (Å²) in [5.74, 6) is 0.595. The summed E-state index contributed by atoms with van der Waals surface area (Å²) in [7, 11) is 0. The molecule has 3 heteroatoms. The number of rotatable bonds is 5. The third-order valence-corrected chi connectivity index (χ3v) is 2.01. The second kappa shape index (κ2) is 6.53. The topological polar surface area (TPSA) is 46.5 Å². The predicted octanol–water partition coefficient (Wildman–Crippen LogP) is 2.95. The minimum absolute atomic E-state index is 0.00388. The van der Waals surface area contributed by atoms with Crippen molar-refractivity contribution in [3.8, 4) is 11.5 Å². The Morgan fingerprint density at radius 3 is 2.76 bits per heavy atom. The van der Waals surface area contributed by atoms with Crippen molar-refractivity contribution >= 4 is 11.9 Å². The van der Waals surface area contributed by atoms with Gasteiger partial charge in [-0.3, -0.25) is 4.79 Å². The molecule has 0 fully saturated rings. The van der Waals surface area contributed by atoms with E-state index in [0.717, 1.165) is 5.56 Å². The molecule has 0 bridgehead atoms. The van der Waals surface area contributed by atoms with Gasteiger partial charge in [0.1, 0.15) is 0 Å². The first-order valence-corrected chi connectivity index (χ1v) is 5.44. The lowest BCUT2D eigenvalue weighted by Crippen LogP contribution is -1.91. The Morgan fingerprint density at radius 2 is 2.18 bits per heavy atom. The zero-order valence-electron chi connectivity index (χ0n) is 10.0. The zero-order valence-corrected chi connectivity index (χ0v) is 10.0. The van der Waals surface area contributed by atoms with Crippen molar-refractivity contribution in [2.24, 2.45) is 0 Å². The lowest BCUT2D eigenvalue weighted by Gasteiger charge is -2.05. The summed E-state index contributed by atoms with van der Waals surface area (Å²) in [6.45, 7) is 3.87. The number of ether oxygens (including phenoxy) is 1. The van der Waals surface area contributed by atoms with E-state index in [2.05, 4.69) is 0 Å². The van der Waals surface area contributed by atoms with Crippen LogP contribution >= 0.6 is 0 Å². The summed E-state index contributed by atoms with van der Waals surface area (Å²) >= 11 is 0. The van der Waals surface area contributed by atoms with Crippen LogP contribution in [0.15, 0.2) is 36.4 Å². The molecule has 1 rings (SSSR count). The van der Waals surface area contributed by atoms with Crippen molar-refractivity contribution in [3.05, 3.63) is 42.0 Å². The standard InChI is InChI=1S/C14H16O3/c1-3-17-14-9-8-12(10-13(14)16)7-5-4-6-11(2)15/h4-10,16H,3H2,1-2H3. The molecule has 0 heterocycles. The number of hydrogen-bond acceptors (Lipinski definition) is 3. The van der Waals surface area contributed by atoms with Crippen molar-refractivity contribution in [3.63, 3.8) is 0 Å². The summed E-state index contributed by atoms with van der Waals surface area (Å²) < 4.78 is 5.22. The Morgan fingerprint density at radius 1 is 1.41 bits per heavy atom. The van der Waals surface area contributed by atoms with Gasteiger partial charge in [0, 0.05) is 0 Å². The first-order valence-electron chi connectivity index (χ1n) is 5.44. The molecule has 0 saturated carbocycles. The lowest BCUT2D eigenvalue weighted by molar-refractivity contribution is -0.112. The number of phenols is 1. The van der Waals surface area contributed by atoms with Gasteiger partial charge in [0.05, 0.1) is 6.61 Å². The molecule has 0 atom stereocenters. The molecule has 1 aromatic rings. The van der Waals surface area contributed by atoms with Crippen LogP contribution < -0.4 is 4.74 Å². The van der Waals surface area contributed by atoms with E-state index in [1.165, 1.54) is 13.0 Å². The number of hydrogen-bond donors (Lipinski definition) is 1. The molecule has 0 aliphatic heterocycles. The first-order chi connectivity index (χ1) is 8.13. The molecule has 0 aliphatic rings. The van der Waals surface area contributed by atoms with Crippen LogP contribution in [0.4, 0.5) is 0 Å². The second-order valence-corrected chi connectivity index (χ2v) is 3.49. The molecule has 0 unspecified atom stereocenters. The predicted molar refractivity (Wildman–Crippen MR) is 68.1 cm³/mol. The number of carbonyl (C=O) groups excluding carboxylic acids is 1. The Kier molecular flexibility index (Phi) is 5.01. The summed E-state index contributed by atoms with van der Waals surface area (Å²) in [6, 6.07) is 5.17. The molecule has 0 aliphatic carbocycles. The van der Waals surface area contributed by atoms with E-state index in [0.29, 0.717) is 12.4 Å². The zero-order chi connectivity index (χ0) is 12.7. The van der Waals surface area contributed by atoms with Gasteiger partial charge in [-0.15, -0.1) is 0 Å². The quantitative estimate of drug-likeness (QED) is 0.627. The Labute approximate surface area is 101 Å². The SMILES string of the molecule is CCOc1ccc(C=CC=CC(C)=O)cc1O. The highest BCUT2D eigenvalue weighted by atomic mass is 16.5. The maximum Gasteiger partial charge on any atom is 0.160 e. The van der Waals surface area contributed by atoms with Crippen LogP contribution in [-0.4, -0.2) is 17.5 Å². The average Bonchev–Trinajstić information content (AvgIpc) is 2.28. The molecule has 0 amide bonds. The molecular formula is C14H16O3. The lowest BCUT2D eigenvalue weighted by atomic mass is 10.2. The van der Waals surface area contributed by atoms with E-state index in [-0.39, 0.29) is 11.5 Å². The van der Waals surface area contributed by atoms with Gasteiger partial charge < -0.3 is 9.84 Å². The maximum atomic E-state index is 10.6. The summed E-state index contributed by atoms with van der Waals surface area (Å²) in [6.07, 6.45) is 6.69. The molecule has 0 radical (unpaired) electrons. The van der Waals surface area contributed by atoms with Crippen LogP contribution in [0.3, 0.4) is 0 Å². The highest BCUT2D eigenvalue weighted by Crippen LogP contribution is 2.27. The highest BCUT2D eigenvalue weighted by molar-refractivity contribution is 5.87. The molecule has 90 valence electrons. The minimum atomic E-state index is 0.00388.